The summed E-state index contributed by atoms with van der Waals surface area (Å²) in [5.41, 5.74) is 6.12. The summed E-state index contributed by atoms with van der Waals surface area (Å²) in [6.07, 6.45) is 1.93. The SMILES string of the molecule is CC(CN)CC(=O)NCc1ccon1. The van der Waals surface area contributed by atoms with Crippen molar-refractivity contribution in [3.63, 3.8) is 0 Å². The molecule has 3 N–H and O–H groups in total. The molecule has 1 aromatic heterocycles. The van der Waals surface area contributed by atoms with Gasteiger partial charge < -0.3 is 15.6 Å². The van der Waals surface area contributed by atoms with E-state index < -0.39 is 0 Å². The third kappa shape index (κ3) is 3.57. The molecular formula is C9H15N3O2. The number of amides is 1. The number of hydrogen-bond acceptors (Lipinski definition) is 4. The van der Waals surface area contributed by atoms with E-state index in [0.717, 1.165) is 5.69 Å². The van der Waals surface area contributed by atoms with Crippen molar-refractivity contribution in [1.29, 1.82) is 0 Å². The van der Waals surface area contributed by atoms with Crippen LogP contribution in [0.4, 0.5) is 0 Å². The number of hydrogen-bond donors (Lipinski definition) is 2. The largest absolute Gasteiger partial charge is 0.364 e. The van der Waals surface area contributed by atoms with Crippen LogP contribution in [0.25, 0.3) is 0 Å². The van der Waals surface area contributed by atoms with Gasteiger partial charge in [0.2, 0.25) is 5.91 Å². The fraction of sp³-hybridized carbons (Fsp3) is 0.556. The van der Waals surface area contributed by atoms with Crippen molar-refractivity contribution in [2.75, 3.05) is 6.54 Å². The molecule has 5 heteroatoms. The van der Waals surface area contributed by atoms with Crippen LogP contribution in [0.5, 0.6) is 0 Å². The Hall–Kier alpha value is -1.36. The predicted octanol–water partition coefficient (Wildman–Crippen LogP) is 0.276. The van der Waals surface area contributed by atoms with Crippen LogP contribution in [0.2, 0.25) is 0 Å². The van der Waals surface area contributed by atoms with E-state index in [1.165, 1.54) is 6.26 Å². The van der Waals surface area contributed by atoms with E-state index in [9.17, 15) is 4.79 Å². The Labute approximate surface area is 82.6 Å². The molecule has 78 valence electrons. The van der Waals surface area contributed by atoms with Gasteiger partial charge in [-0.15, -0.1) is 0 Å². The van der Waals surface area contributed by atoms with Gasteiger partial charge in [0.1, 0.15) is 12.0 Å². The summed E-state index contributed by atoms with van der Waals surface area (Å²) in [6.45, 7) is 2.87. The molecule has 0 saturated carbocycles. The van der Waals surface area contributed by atoms with Gasteiger partial charge in [-0.3, -0.25) is 4.79 Å². The van der Waals surface area contributed by atoms with Crippen LogP contribution >= 0.6 is 0 Å². The summed E-state index contributed by atoms with van der Waals surface area (Å²) < 4.78 is 4.63. The molecule has 14 heavy (non-hydrogen) atoms. The van der Waals surface area contributed by atoms with Gasteiger partial charge >= 0.3 is 0 Å². The molecule has 0 aliphatic heterocycles. The second kappa shape index (κ2) is 5.39. The number of nitrogens with two attached hydrogens (primary N) is 1. The number of aromatic nitrogens is 1. The standard InChI is InChI=1S/C9H15N3O2/c1-7(5-10)4-9(13)11-6-8-2-3-14-12-8/h2-3,7H,4-6,10H2,1H3,(H,11,13). The smallest absolute Gasteiger partial charge is 0.220 e. The van der Waals surface area contributed by atoms with E-state index in [1.807, 2.05) is 6.92 Å². The predicted molar refractivity (Wildman–Crippen MR) is 51.2 cm³/mol. The minimum absolute atomic E-state index is 0.00838. The third-order valence-corrected chi connectivity index (χ3v) is 1.89. The van der Waals surface area contributed by atoms with E-state index in [2.05, 4.69) is 15.0 Å². The van der Waals surface area contributed by atoms with Gasteiger partial charge in [-0.2, -0.15) is 0 Å². The van der Waals surface area contributed by atoms with Gasteiger partial charge in [0.25, 0.3) is 0 Å². The van der Waals surface area contributed by atoms with Crippen LogP contribution in [0.1, 0.15) is 19.0 Å². The number of carbonyl (C=O) groups is 1. The maximum absolute atomic E-state index is 11.3. The van der Waals surface area contributed by atoms with Crippen molar-refractivity contribution in [1.82, 2.24) is 10.5 Å². The number of nitrogens with one attached hydrogen (secondary N) is 1. The van der Waals surface area contributed by atoms with E-state index in [0.29, 0.717) is 19.5 Å². The van der Waals surface area contributed by atoms with Crippen molar-refractivity contribution >= 4 is 5.91 Å². The van der Waals surface area contributed by atoms with Gasteiger partial charge in [0.05, 0.1) is 6.54 Å². The van der Waals surface area contributed by atoms with E-state index in [-0.39, 0.29) is 11.8 Å². The van der Waals surface area contributed by atoms with Crippen LogP contribution in [0.3, 0.4) is 0 Å². The Morgan fingerprint density at radius 2 is 2.57 bits per heavy atom. The molecule has 5 nitrogen and oxygen atoms in total. The molecule has 0 bridgehead atoms. The second-order valence-corrected chi connectivity index (χ2v) is 3.31. The van der Waals surface area contributed by atoms with Gasteiger partial charge in [-0.05, 0) is 12.5 Å². The Balaban J connectivity index is 2.22. The molecule has 1 unspecified atom stereocenters. The maximum atomic E-state index is 11.3. The summed E-state index contributed by atoms with van der Waals surface area (Å²) in [5, 5.41) is 6.41. The monoisotopic (exact) mass is 197 g/mol. The summed E-state index contributed by atoms with van der Waals surface area (Å²) in [5.74, 6) is 0.207. The Bertz CT molecular complexity index is 272. The molecule has 0 spiro atoms. The van der Waals surface area contributed by atoms with E-state index in [1.54, 1.807) is 6.07 Å². The summed E-state index contributed by atoms with van der Waals surface area (Å²) >= 11 is 0. The Morgan fingerprint density at radius 1 is 1.79 bits per heavy atom. The fourth-order valence-corrected chi connectivity index (χ4v) is 0.990. The van der Waals surface area contributed by atoms with Crippen molar-refractivity contribution in [2.24, 2.45) is 11.7 Å². The molecule has 0 fully saturated rings. The highest BCUT2D eigenvalue weighted by Crippen LogP contribution is 1.99. The zero-order valence-electron chi connectivity index (χ0n) is 8.19. The number of nitrogens with zero attached hydrogens (tertiary/aromatic N) is 1. The highest BCUT2D eigenvalue weighted by molar-refractivity contribution is 5.76. The first kappa shape index (κ1) is 10.7. The minimum atomic E-state index is -0.00838. The average Bonchev–Trinajstić information content (AvgIpc) is 2.67. The zero-order valence-corrected chi connectivity index (χ0v) is 8.19. The third-order valence-electron chi connectivity index (χ3n) is 1.89. The molecule has 1 rings (SSSR count). The van der Waals surface area contributed by atoms with Gasteiger partial charge in [0.15, 0.2) is 0 Å². The van der Waals surface area contributed by atoms with E-state index >= 15 is 0 Å². The summed E-state index contributed by atoms with van der Waals surface area (Å²) in [4.78, 5) is 11.3. The summed E-state index contributed by atoms with van der Waals surface area (Å²) in [6, 6.07) is 1.71. The lowest BCUT2D eigenvalue weighted by Gasteiger charge is -2.07. The molecule has 0 radical (unpaired) electrons. The van der Waals surface area contributed by atoms with Gasteiger partial charge in [-0.25, -0.2) is 0 Å². The van der Waals surface area contributed by atoms with Crippen molar-refractivity contribution < 1.29 is 9.32 Å². The van der Waals surface area contributed by atoms with Crippen molar-refractivity contribution in [3.05, 3.63) is 18.0 Å². The van der Waals surface area contributed by atoms with E-state index in [4.69, 9.17) is 5.73 Å². The van der Waals surface area contributed by atoms with Crippen molar-refractivity contribution in [3.8, 4) is 0 Å². The normalized spacial score (nSPS) is 12.4. The quantitative estimate of drug-likeness (QED) is 0.710. The molecule has 1 atom stereocenters. The first-order chi connectivity index (χ1) is 6.72. The molecule has 0 aliphatic carbocycles. The highest BCUT2D eigenvalue weighted by atomic mass is 16.5. The molecule has 0 aromatic carbocycles. The van der Waals surface area contributed by atoms with Crippen LogP contribution in [-0.2, 0) is 11.3 Å². The highest BCUT2D eigenvalue weighted by Gasteiger charge is 2.07. The Kier molecular flexibility index (Phi) is 4.12. The lowest BCUT2D eigenvalue weighted by molar-refractivity contribution is -0.122. The summed E-state index contributed by atoms with van der Waals surface area (Å²) in [7, 11) is 0. The van der Waals surface area contributed by atoms with Crippen LogP contribution in [0, 0.1) is 5.92 Å². The lowest BCUT2D eigenvalue weighted by Crippen LogP contribution is -2.26. The maximum Gasteiger partial charge on any atom is 0.220 e. The van der Waals surface area contributed by atoms with Gasteiger partial charge in [0, 0.05) is 12.5 Å². The van der Waals surface area contributed by atoms with Crippen LogP contribution in [0.15, 0.2) is 16.9 Å². The number of rotatable bonds is 5. The van der Waals surface area contributed by atoms with Gasteiger partial charge in [-0.1, -0.05) is 12.1 Å². The first-order valence-corrected chi connectivity index (χ1v) is 4.58. The molecule has 1 heterocycles. The molecule has 1 amide bonds. The van der Waals surface area contributed by atoms with Crippen LogP contribution < -0.4 is 11.1 Å². The fourth-order valence-electron chi connectivity index (χ4n) is 0.990. The first-order valence-electron chi connectivity index (χ1n) is 4.58. The minimum Gasteiger partial charge on any atom is -0.364 e. The molecular weight excluding hydrogens is 182 g/mol. The second-order valence-electron chi connectivity index (χ2n) is 3.31. The number of carbonyl (C=O) groups excluding carboxylic acids is 1. The zero-order chi connectivity index (χ0) is 10.4. The lowest BCUT2D eigenvalue weighted by atomic mass is 10.1. The topological polar surface area (TPSA) is 81.2 Å². The average molecular weight is 197 g/mol. The molecule has 1 aromatic rings. The molecule has 0 aliphatic rings. The molecule has 0 saturated heterocycles. The van der Waals surface area contributed by atoms with Crippen LogP contribution in [-0.4, -0.2) is 17.6 Å². The van der Waals surface area contributed by atoms with Crippen molar-refractivity contribution in [2.45, 2.75) is 19.9 Å². The Morgan fingerprint density at radius 3 is 3.14 bits per heavy atom.